The van der Waals surface area contributed by atoms with Gasteiger partial charge in [-0.05, 0) is 42.3 Å². The standard InChI is InChI=1S/C26H20BrN5O/c27-18-10-8-16(9-11-18)23-22-24(31-30-23)26(33)32(25(22)21-7-3-4-13-28-21)14-12-17-15-29-20-6-2-1-5-19(17)20/h1-11,13,15,25,29H,12,14H2,(H,30,31). The van der Waals surface area contributed by atoms with Gasteiger partial charge in [-0.2, -0.15) is 5.10 Å². The van der Waals surface area contributed by atoms with E-state index in [2.05, 4.69) is 48.2 Å². The van der Waals surface area contributed by atoms with Crippen LogP contribution < -0.4 is 0 Å². The number of aromatic nitrogens is 4. The number of para-hydroxylation sites is 1. The van der Waals surface area contributed by atoms with Gasteiger partial charge in [-0.15, -0.1) is 0 Å². The summed E-state index contributed by atoms with van der Waals surface area (Å²) in [6.07, 6.45) is 4.55. The number of carbonyl (C=O) groups is 1. The van der Waals surface area contributed by atoms with Gasteiger partial charge in [0.2, 0.25) is 0 Å². The summed E-state index contributed by atoms with van der Waals surface area (Å²) < 4.78 is 0.996. The minimum absolute atomic E-state index is 0.0450. The van der Waals surface area contributed by atoms with E-state index in [9.17, 15) is 4.79 Å². The molecule has 2 N–H and O–H groups in total. The van der Waals surface area contributed by atoms with Crippen molar-refractivity contribution in [2.24, 2.45) is 0 Å². The number of H-pyrrole nitrogens is 2. The van der Waals surface area contributed by atoms with Gasteiger partial charge in [0.25, 0.3) is 5.91 Å². The highest BCUT2D eigenvalue weighted by atomic mass is 79.9. The van der Waals surface area contributed by atoms with E-state index in [1.54, 1.807) is 6.20 Å². The highest BCUT2D eigenvalue weighted by Gasteiger charge is 2.42. The van der Waals surface area contributed by atoms with E-state index >= 15 is 0 Å². The lowest BCUT2D eigenvalue weighted by atomic mass is 9.99. The number of aromatic amines is 2. The first-order chi connectivity index (χ1) is 16.2. The molecular formula is C26H20BrN5O. The van der Waals surface area contributed by atoms with E-state index in [-0.39, 0.29) is 11.9 Å². The van der Waals surface area contributed by atoms with Gasteiger partial charge in [-0.3, -0.25) is 14.9 Å². The highest BCUT2D eigenvalue weighted by molar-refractivity contribution is 9.10. The third kappa shape index (κ3) is 3.36. The molecule has 1 atom stereocenters. The molecule has 33 heavy (non-hydrogen) atoms. The van der Waals surface area contributed by atoms with Gasteiger partial charge in [0.05, 0.1) is 11.4 Å². The Balaban J connectivity index is 1.40. The van der Waals surface area contributed by atoms with E-state index in [0.29, 0.717) is 12.2 Å². The minimum atomic E-state index is -0.295. The largest absolute Gasteiger partial charge is 0.361 e. The van der Waals surface area contributed by atoms with Crippen LogP contribution in [0.2, 0.25) is 0 Å². The summed E-state index contributed by atoms with van der Waals surface area (Å²) in [5, 5.41) is 8.73. The second-order valence-electron chi connectivity index (χ2n) is 8.13. The van der Waals surface area contributed by atoms with Crippen LogP contribution in [0.25, 0.3) is 22.2 Å². The van der Waals surface area contributed by atoms with Crippen molar-refractivity contribution in [3.63, 3.8) is 0 Å². The van der Waals surface area contributed by atoms with Crippen LogP contribution in [-0.2, 0) is 6.42 Å². The molecular weight excluding hydrogens is 478 g/mol. The Labute approximate surface area is 198 Å². The van der Waals surface area contributed by atoms with Crippen molar-refractivity contribution in [3.05, 3.63) is 106 Å². The molecule has 0 radical (unpaired) electrons. The summed E-state index contributed by atoms with van der Waals surface area (Å²) >= 11 is 3.49. The molecule has 7 heteroatoms. The van der Waals surface area contributed by atoms with Crippen LogP contribution in [0.5, 0.6) is 0 Å². The molecule has 0 spiro atoms. The topological polar surface area (TPSA) is 77.7 Å². The van der Waals surface area contributed by atoms with Gasteiger partial charge in [0.15, 0.2) is 0 Å². The van der Waals surface area contributed by atoms with Crippen molar-refractivity contribution in [1.82, 2.24) is 25.1 Å². The molecule has 6 rings (SSSR count). The first kappa shape index (κ1) is 19.9. The summed E-state index contributed by atoms with van der Waals surface area (Å²) in [7, 11) is 0. The number of fused-ring (bicyclic) bond motifs is 2. The van der Waals surface area contributed by atoms with Crippen molar-refractivity contribution in [2.75, 3.05) is 6.54 Å². The molecule has 0 fully saturated rings. The molecule has 1 unspecified atom stereocenters. The Morgan fingerprint density at radius 2 is 1.82 bits per heavy atom. The van der Waals surface area contributed by atoms with Gasteiger partial charge in [-0.1, -0.05) is 52.3 Å². The van der Waals surface area contributed by atoms with E-state index < -0.39 is 0 Å². The van der Waals surface area contributed by atoms with Crippen LogP contribution in [0.4, 0.5) is 0 Å². The normalized spacial score (nSPS) is 15.4. The fourth-order valence-corrected chi connectivity index (χ4v) is 4.94. The van der Waals surface area contributed by atoms with E-state index in [4.69, 9.17) is 0 Å². The average Bonchev–Trinajstić information content (AvgIpc) is 3.53. The van der Waals surface area contributed by atoms with Crippen molar-refractivity contribution in [2.45, 2.75) is 12.5 Å². The lowest BCUT2D eigenvalue weighted by Gasteiger charge is -2.25. The number of benzene rings is 2. The lowest BCUT2D eigenvalue weighted by Crippen LogP contribution is -2.32. The zero-order chi connectivity index (χ0) is 22.4. The van der Waals surface area contributed by atoms with Crippen molar-refractivity contribution in [3.8, 4) is 11.3 Å². The van der Waals surface area contributed by atoms with Gasteiger partial charge >= 0.3 is 0 Å². The third-order valence-electron chi connectivity index (χ3n) is 6.25. The summed E-state index contributed by atoms with van der Waals surface area (Å²) in [5.41, 5.74) is 6.32. The molecule has 4 heterocycles. The van der Waals surface area contributed by atoms with Crippen LogP contribution in [0, 0.1) is 0 Å². The number of hydrogen-bond donors (Lipinski definition) is 2. The van der Waals surface area contributed by atoms with E-state index in [0.717, 1.165) is 38.9 Å². The van der Waals surface area contributed by atoms with Crippen molar-refractivity contribution < 1.29 is 4.79 Å². The van der Waals surface area contributed by atoms with Crippen LogP contribution in [0.1, 0.15) is 33.4 Å². The maximum absolute atomic E-state index is 13.5. The second-order valence-corrected chi connectivity index (χ2v) is 9.05. The number of nitrogens with zero attached hydrogens (tertiary/aromatic N) is 3. The molecule has 1 aliphatic rings. The molecule has 6 nitrogen and oxygen atoms in total. The van der Waals surface area contributed by atoms with Gasteiger partial charge in [0.1, 0.15) is 11.7 Å². The Bertz CT molecular complexity index is 1460. The van der Waals surface area contributed by atoms with E-state index in [1.807, 2.05) is 65.7 Å². The molecule has 0 saturated carbocycles. The zero-order valence-corrected chi connectivity index (χ0v) is 19.2. The third-order valence-corrected chi connectivity index (χ3v) is 6.78. The molecule has 5 aromatic rings. The molecule has 1 aliphatic heterocycles. The fourth-order valence-electron chi connectivity index (χ4n) is 4.68. The zero-order valence-electron chi connectivity index (χ0n) is 17.6. The van der Waals surface area contributed by atoms with Crippen LogP contribution in [-0.4, -0.2) is 37.5 Å². The summed E-state index contributed by atoms with van der Waals surface area (Å²) in [6, 6.07) is 21.8. The molecule has 0 bridgehead atoms. The Kier molecular flexibility index (Phi) is 4.84. The molecule has 0 saturated heterocycles. The molecule has 0 aliphatic carbocycles. The van der Waals surface area contributed by atoms with Crippen LogP contribution >= 0.6 is 15.9 Å². The predicted molar refractivity (Wildman–Crippen MR) is 131 cm³/mol. The maximum Gasteiger partial charge on any atom is 0.273 e. The van der Waals surface area contributed by atoms with Crippen LogP contribution in [0.3, 0.4) is 0 Å². The molecule has 162 valence electrons. The molecule has 1 amide bonds. The number of halogens is 1. The first-order valence-corrected chi connectivity index (χ1v) is 11.6. The molecule has 2 aromatic carbocycles. The average molecular weight is 498 g/mol. The van der Waals surface area contributed by atoms with Crippen molar-refractivity contribution >= 4 is 32.7 Å². The quantitative estimate of drug-likeness (QED) is 0.336. The minimum Gasteiger partial charge on any atom is -0.361 e. The Hall–Kier alpha value is -3.71. The number of nitrogens with one attached hydrogen (secondary N) is 2. The summed E-state index contributed by atoms with van der Waals surface area (Å²) in [4.78, 5) is 23.4. The first-order valence-electron chi connectivity index (χ1n) is 10.8. The summed E-state index contributed by atoms with van der Waals surface area (Å²) in [5.74, 6) is -0.0450. The molecule has 3 aromatic heterocycles. The van der Waals surface area contributed by atoms with Gasteiger partial charge < -0.3 is 9.88 Å². The smallest absolute Gasteiger partial charge is 0.273 e. The van der Waals surface area contributed by atoms with E-state index in [1.165, 1.54) is 10.9 Å². The predicted octanol–water partition coefficient (Wildman–Crippen LogP) is 5.50. The summed E-state index contributed by atoms with van der Waals surface area (Å²) in [6.45, 7) is 0.574. The number of rotatable bonds is 5. The number of carbonyl (C=O) groups excluding carboxylic acids is 1. The number of hydrogen-bond acceptors (Lipinski definition) is 3. The second kappa shape index (κ2) is 8.01. The number of pyridine rings is 1. The van der Waals surface area contributed by atoms with Crippen LogP contribution in [0.15, 0.2) is 83.6 Å². The van der Waals surface area contributed by atoms with Gasteiger partial charge in [0, 0.05) is 45.4 Å². The fraction of sp³-hybridized carbons (Fsp3) is 0.115. The monoisotopic (exact) mass is 497 g/mol. The number of amides is 1. The Morgan fingerprint density at radius 3 is 2.64 bits per heavy atom. The van der Waals surface area contributed by atoms with Crippen molar-refractivity contribution in [1.29, 1.82) is 0 Å². The highest BCUT2D eigenvalue weighted by Crippen LogP contribution is 2.42. The maximum atomic E-state index is 13.5. The lowest BCUT2D eigenvalue weighted by molar-refractivity contribution is 0.0743. The van der Waals surface area contributed by atoms with Gasteiger partial charge in [-0.25, -0.2) is 0 Å². The Morgan fingerprint density at radius 1 is 1.00 bits per heavy atom. The SMILES string of the molecule is O=C1c2[nH]nc(-c3ccc(Br)cc3)c2C(c2ccccn2)N1CCc1c[nH]c2ccccc12.